The number of nitrogens with zero attached hydrogens (tertiary/aromatic N) is 4. The molecule has 0 saturated heterocycles. The molecule has 0 saturated carbocycles. The van der Waals surface area contributed by atoms with E-state index in [1.807, 2.05) is 60.7 Å². The lowest BCUT2D eigenvalue weighted by Crippen LogP contribution is -2.23. The maximum absolute atomic E-state index is 12.4. The van der Waals surface area contributed by atoms with Crippen molar-refractivity contribution >= 4 is 11.6 Å². The second-order valence-corrected chi connectivity index (χ2v) is 6.94. The van der Waals surface area contributed by atoms with E-state index in [9.17, 15) is 4.79 Å². The monoisotopic (exact) mass is 417 g/mol. The van der Waals surface area contributed by atoms with E-state index in [2.05, 4.69) is 20.6 Å². The fraction of sp³-hybridized carbons (Fsp3) is 0.217. The number of ether oxygens (including phenoxy) is 2. The number of methoxy groups -OCH3 is 2. The average Bonchev–Trinajstić information content (AvgIpc) is 3.24. The van der Waals surface area contributed by atoms with Crippen LogP contribution in [0.25, 0.3) is 16.9 Å². The van der Waals surface area contributed by atoms with Gasteiger partial charge in [-0.2, -0.15) is 9.61 Å². The van der Waals surface area contributed by atoms with Crippen molar-refractivity contribution in [3.8, 4) is 22.8 Å². The number of benzene rings is 2. The van der Waals surface area contributed by atoms with Crippen molar-refractivity contribution in [1.82, 2.24) is 25.1 Å². The molecule has 0 aliphatic carbocycles. The Morgan fingerprint density at radius 2 is 1.77 bits per heavy atom. The maximum Gasteiger partial charge on any atom is 0.220 e. The summed E-state index contributed by atoms with van der Waals surface area (Å²) >= 11 is 0. The molecule has 2 heterocycles. The van der Waals surface area contributed by atoms with Crippen molar-refractivity contribution in [2.45, 2.75) is 19.4 Å². The van der Waals surface area contributed by atoms with E-state index < -0.39 is 0 Å². The van der Waals surface area contributed by atoms with Crippen molar-refractivity contribution in [3.63, 3.8) is 0 Å². The van der Waals surface area contributed by atoms with Gasteiger partial charge in [0.05, 0.1) is 19.9 Å². The number of aryl methyl sites for hydroxylation is 1. The highest BCUT2D eigenvalue weighted by Gasteiger charge is 2.11. The van der Waals surface area contributed by atoms with Gasteiger partial charge in [0.25, 0.3) is 0 Å². The number of hydrogen-bond acceptors (Lipinski definition) is 6. The van der Waals surface area contributed by atoms with Gasteiger partial charge in [-0.3, -0.25) is 4.79 Å². The van der Waals surface area contributed by atoms with Crippen LogP contribution in [0.1, 0.15) is 17.8 Å². The van der Waals surface area contributed by atoms with Gasteiger partial charge in [-0.05, 0) is 29.8 Å². The maximum atomic E-state index is 12.4. The number of amides is 1. The topological polar surface area (TPSA) is 90.6 Å². The highest BCUT2D eigenvalue weighted by atomic mass is 16.5. The van der Waals surface area contributed by atoms with Crippen molar-refractivity contribution in [1.29, 1.82) is 0 Å². The van der Waals surface area contributed by atoms with Gasteiger partial charge in [0.15, 0.2) is 23.0 Å². The van der Waals surface area contributed by atoms with Gasteiger partial charge >= 0.3 is 0 Å². The lowest BCUT2D eigenvalue weighted by Gasteiger charge is -2.10. The molecule has 4 aromatic rings. The molecule has 4 rings (SSSR count). The predicted octanol–water partition coefficient (Wildman–Crippen LogP) is 3.06. The number of aromatic nitrogens is 4. The number of carbonyl (C=O) groups is 1. The highest BCUT2D eigenvalue weighted by molar-refractivity contribution is 5.76. The molecule has 0 aliphatic heterocycles. The lowest BCUT2D eigenvalue weighted by molar-refractivity contribution is -0.121. The van der Waals surface area contributed by atoms with Crippen LogP contribution in [0, 0.1) is 0 Å². The Morgan fingerprint density at radius 3 is 2.55 bits per heavy atom. The average molecular weight is 417 g/mol. The minimum Gasteiger partial charge on any atom is -0.493 e. The van der Waals surface area contributed by atoms with Crippen LogP contribution < -0.4 is 14.8 Å². The van der Waals surface area contributed by atoms with E-state index in [1.165, 1.54) is 0 Å². The summed E-state index contributed by atoms with van der Waals surface area (Å²) in [5.41, 5.74) is 3.41. The van der Waals surface area contributed by atoms with Gasteiger partial charge in [0.2, 0.25) is 5.91 Å². The largest absolute Gasteiger partial charge is 0.493 e. The smallest absolute Gasteiger partial charge is 0.220 e. The van der Waals surface area contributed by atoms with Gasteiger partial charge in [-0.25, -0.2) is 0 Å². The van der Waals surface area contributed by atoms with E-state index in [4.69, 9.17) is 9.47 Å². The molecule has 0 radical (unpaired) electrons. The van der Waals surface area contributed by atoms with Crippen LogP contribution in [0.5, 0.6) is 11.5 Å². The van der Waals surface area contributed by atoms with Crippen LogP contribution in [0.15, 0.2) is 60.7 Å². The summed E-state index contributed by atoms with van der Waals surface area (Å²) in [6.45, 7) is 0.399. The Hall–Kier alpha value is -3.94. The minimum atomic E-state index is -0.0780. The molecule has 1 amide bonds. The first-order valence-corrected chi connectivity index (χ1v) is 9.92. The second-order valence-electron chi connectivity index (χ2n) is 6.94. The normalized spacial score (nSPS) is 10.8. The number of hydrogen-bond donors (Lipinski definition) is 1. The Balaban J connectivity index is 1.39. The van der Waals surface area contributed by atoms with Crippen LogP contribution in [0.4, 0.5) is 0 Å². The Morgan fingerprint density at radius 1 is 0.968 bits per heavy atom. The number of nitrogens with one attached hydrogen (secondary N) is 1. The molecule has 0 fully saturated rings. The SMILES string of the molecule is COc1ccc(CNC(=O)CCc2nnc3ccc(-c4ccccc4)nn23)cc1OC. The molecule has 2 aromatic carbocycles. The zero-order chi connectivity index (χ0) is 21.6. The van der Waals surface area contributed by atoms with E-state index in [0.717, 1.165) is 16.8 Å². The number of fused-ring (bicyclic) bond motifs is 1. The van der Waals surface area contributed by atoms with Gasteiger partial charge < -0.3 is 14.8 Å². The highest BCUT2D eigenvalue weighted by Crippen LogP contribution is 2.27. The molecule has 2 aromatic heterocycles. The predicted molar refractivity (Wildman–Crippen MR) is 116 cm³/mol. The van der Waals surface area contributed by atoms with Crippen LogP contribution in [-0.4, -0.2) is 39.9 Å². The van der Waals surface area contributed by atoms with E-state index in [0.29, 0.717) is 35.9 Å². The first kappa shape index (κ1) is 20.3. The number of carbonyl (C=O) groups excluding carboxylic acids is 1. The third-order valence-electron chi connectivity index (χ3n) is 4.91. The first-order valence-electron chi connectivity index (χ1n) is 9.92. The summed E-state index contributed by atoms with van der Waals surface area (Å²) in [5.74, 6) is 1.85. The molecule has 0 atom stereocenters. The molecular weight excluding hydrogens is 394 g/mol. The van der Waals surface area contributed by atoms with Gasteiger partial charge in [-0.1, -0.05) is 36.4 Å². The summed E-state index contributed by atoms with van der Waals surface area (Å²) in [5, 5.41) is 15.9. The summed E-state index contributed by atoms with van der Waals surface area (Å²) in [6, 6.07) is 19.3. The quantitative estimate of drug-likeness (QED) is 0.474. The zero-order valence-electron chi connectivity index (χ0n) is 17.4. The lowest BCUT2D eigenvalue weighted by atomic mass is 10.1. The minimum absolute atomic E-state index is 0.0780. The van der Waals surface area contributed by atoms with Crippen LogP contribution in [-0.2, 0) is 17.8 Å². The van der Waals surface area contributed by atoms with Crippen LogP contribution >= 0.6 is 0 Å². The molecular formula is C23H23N5O3. The fourth-order valence-corrected chi connectivity index (χ4v) is 3.26. The Bertz CT molecular complexity index is 1190. The first-order chi connectivity index (χ1) is 15.2. The molecule has 0 aliphatic rings. The van der Waals surface area contributed by atoms with E-state index in [1.54, 1.807) is 18.7 Å². The summed E-state index contributed by atoms with van der Waals surface area (Å²) in [6.07, 6.45) is 0.718. The van der Waals surface area contributed by atoms with Crippen LogP contribution in [0.3, 0.4) is 0 Å². The van der Waals surface area contributed by atoms with E-state index in [-0.39, 0.29) is 12.3 Å². The Labute approximate surface area is 179 Å². The molecule has 0 unspecified atom stereocenters. The van der Waals surface area contributed by atoms with Gasteiger partial charge in [-0.15, -0.1) is 10.2 Å². The summed E-state index contributed by atoms with van der Waals surface area (Å²) < 4.78 is 12.2. The van der Waals surface area contributed by atoms with Gasteiger partial charge in [0.1, 0.15) is 0 Å². The zero-order valence-corrected chi connectivity index (χ0v) is 17.4. The van der Waals surface area contributed by atoms with Crippen LogP contribution in [0.2, 0.25) is 0 Å². The number of rotatable bonds is 8. The molecule has 0 spiro atoms. The molecule has 158 valence electrons. The summed E-state index contributed by atoms with van der Waals surface area (Å²) in [7, 11) is 3.17. The van der Waals surface area contributed by atoms with Crippen molar-refractivity contribution < 1.29 is 14.3 Å². The van der Waals surface area contributed by atoms with E-state index >= 15 is 0 Å². The molecule has 0 bridgehead atoms. The van der Waals surface area contributed by atoms with Crippen molar-refractivity contribution in [2.75, 3.05) is 14.2 Å². The van der Waals surface area contributed by atoms with Crippen molar-refractivity contribution in [2.24, 2.45) is 0 Å². The standard InChI is InChI=1S/C23H23N5O3/c1-30-19-10-8-16(14-20(19)31-2)15-24-23(29)13-12-22-26-25-21-11-9-18(27-28(21)22)17-6-4-3-5-7-17/h3-11,14H,12-13,15H2,1-2H3,(H,24,29). The molecule has 8 nitrogen and oxygen atoms in total. The third kappa shape index (κ3) is 4.63. The fourth-order valence-electron chi connectivity index (χ4n) is 3.26. The molecule has 1 N–H and O–H groups in total. The van der Waals surface area contributed by atoms with Gasteiger partial charge in [0, 0.05) is 24.9 Å². The molecule has 8 heteroatoms. The van der Waals surface area contributed by atoms with Crippen molar-refractivity contribution in [3.05, 3.63) is 72.1 Å². The summed E-state index contributed by atoms with van der Waals surface area (Å²) in [4.78, 5) is 12.4. The Kier molecular flexibility index (Phi) is 6.07. The third-order valence-corrected chi connectivity index (χ3v) is 4.91. The second kappa shape index (κ2) is 9.25. The molecule has 31 heavy (non-hydrogen) atoms.